The number of hydrogen-bond donors (Lipinski definition) is 2. The highest BCUT2D eigenvalue weighted by atomic mass is 35.5. The van der Waals surface area contributed by atoms with Crippen LogP contribution in [0.2, 0.25) is 5.02 Å². The first-order valence-electron chi connectivity index (χ1n) is 11.5. The fourth-order valence-corrected chi connectivity index (χ4v) is 4.47. The van der Waals surface area contributed by atoms with E-state index in [9.17, 15) is 14.7 Å². The molecule has 0 atom stereocenters. The van der Waals surface area contributed by atoms with Gasteiger partial charge >= 0.3 is 6.03 Å². The number of methoxy groups -OCH3 is 2. The first kappa shape index (κ1) is 25.6. The number of carbonyl (C=O) groups is 2. The number of fused-ring (bicyclic) bond motifs is 1. The Kier molecular flexibility index (Phi) is 6.78. The molecule has 3 amide bonds. The number of anilines is 1. The molecule has 0 saturated carbocycles. The number of rotatable bonds is 6. The molecular formula is C28H21ClN4O6. The van der Waals surface area contributed by atoms with E-state index in [-0.39, 0.29) is 22.9 Å². The van der Waals surface area contributed by atoms with Crippen molar-refractivity contribution < 1.29 is 28.6 Å². The average molecular weight is 545 g/mol. The van der Waals surface area contributed by atoms with E-state index in [1.54, 1.807) is 30.3 Å². The van der Waals surface area contributed by atoms with Crippen molar-refractivity contribution in [3.05, 3.63) is 83.7 Å². The number of benzene rings is 4. The zero-order valence-electron chi connectivity index (χ0n) is 20.7. The van der Waals surface area contributed by atoms with Crippen molar-refractivity contribution in [3.8, 4) is 39.8 Å². The topological polar surface area (TPSA) is 141 Å². The Morgan fingerprint density at radius 2 is 1.64 bits per heavy atom. The number of hydrogen-bond acceptors (Lipinski definition) is 8. The summed E-state index contributed by atoms with van der Waals surface area (Å²) in [6.45, 7) is 0. The SMILES string of the molecule is COc1cc(OC)c(-c2ccc3cc(O)c(C(=O)N(C(N)=O)c4ccc(-c5nnco5)cc4)cc3c2)cc1Cl. The van der Waals surface area contributed by atoms with Crippen molar-refractivity contribution in [1.29, 1.82) is 0 Å². The van der Waals surface area contributed by atoms with Crippen LogP contribution < -0.4 is 20.1 Å². The highest BCUT2D eigenvalue weighted by Crippen LogP contribution is 2.40. The van der Waals surface area contributed by atoms with Gasteiger partial charge in [-0.25, -0.2) is 9.69 Å². The third-order valence-electron chi connectivity index (χ3n) is 6.13. The number of halogens is 1. The molecule has 0 aliphatic heterocycles. The molecule has 196 valence electrons. The Labute approximate surface area is 227 Å². The molecule has 0 radical (unpaired) electrons. The monoisotopic (exact) mass is 544 g/mol. The molecule has 0 fully saturated rings. The maximum absolute atomic E-state index is 13.5. The normalized spacial score (nSPS) is 10.8. The van der Waals surface area contributed by atoms with Crippen molar-refractivity contribution >= 4 is 40.0 Å². The highest BCUT2D eigenvalue weighted by Gasteiger charge is 2.26. The largest absolute Gasteiger partial charge is 0.507 e. The van der Waals surface area contributed by atoms with Crippen LogP contribution in [0, 0.1) is 0 Å². The van der Waals surface area contributed by atoms with E-state index in [0.717, 1.165) is 10.5 Å². The van der Waals surface area contributed by atoms with E-state index in [1.165, 1.54) is 44.9 Å². The number of imide groups is 1. The number of ether oxygens (including phenoxy) is 2. The van der Waals surface area contributed by atoms with Crippen LogP contribution in [0.5, 0.6) is 17.2 Å². The van der Waals surface area contributed by atoms with Gasteiger partial charge in [0, 0.05) is 17.2 Å². The predicted octanol–water partition coefficient (Wildman–Crippen LogP) is 5.66. The Morgan fingerprint density at radius 3 is 2.28 bits per heavy atom. The highest BCUT2D eigenvalue weighted by molar-refractivity contribution is 6.32. The van der Waals surface area contributed by atoms with Crippen LogP contribution in [0.1, 0.15) is 10.4 Å². The van der Waals surface area contributed by atoms with Gasteiger partial charge in [-0.2, -0.15) is 0 Å². The number of phenols is 1. The van der Waals surface area contributed by atoms with Gasteiger partial charge in [0.15, 0.2) is 0 Å². The van der Waals surface area contributed by atoms with Crippen molar-refractivity contribution in [2.75, 3.05) is 19.1 Å². The van der Waals surface area contributed by atoms with E-state index in [4.69, 9.17) is 31.2 Å². The van der Waals surface area contributed by atoms with Crippen LogP contribution in [0.3, 0.4) is 0 Å². The lowest BCUT2D eigenvalue weighted by Crippen LogP contribution is -2.40. The quantitative estimate of drug-likeness (QED) is 0.279. The molecular weight excluding hydrogens is 524 g/mol. The summed E-state index contributed by atoms with van der Waals surface area (Å²) in [4.78, 5) is 26.6. The van der Waals surface area contributed by atoms with Crippen molar-refractivity contribution in [1.82, 2.24) is 10.2 Å². The molecule has 5 rings (SSSR count). The van der Waals surface area contributed by atoms with Crippen molar-refractivity contribution in [2.45, 2.75) is 0 Å². The van der Waals surface area contributed by atoms with Gasteiger partial charge in [0.25, 0.3) is 5.91 Å². The fraction of sp³-hybridized carbons (Fsp3) is 0.0714. The molecule has 0 unspecified atom stereocenters. The lowest BCUT2D eigenvalue weighted by atomic mass is 9.98. The van der Waals surface area contributed by atoms with Crippen molar-refractivity contribution in [3.63, 3.8) is 0 Å². The zero-order chi connectivity index (χ0) is 27.7. The number of amides is 3. The third kappa shape index (κ3) is 4.80. The van der Waals surface area contributed by atoms with Crippen LogP contribution in [0.25, 0.3) is 33.4 Å². The van der Waals surface area contributed by atoms with E-state index in [2.05, 4.69) is 10.2 Å². The van der Waals surface area contributed by atoms with E-state index < -0.39 is 11.9 Å². The second-order valence-corrected chi connectivity index (χ2v) is 8.80. The van der Waals surface area contributed by atoms with Gasteiger partial charge in [0.2, 0.25) is 12.3 Å². The number of primary amides is 1. The van der Waals surface area contributed by atoms with Gasteiger partial charge in [-0.05, 0) is 64.9 Å². The van der Waals surface area contributed by atoms with Crippen LogP contribution in [-0.4, -0.2) is 41.5 Å². The first-order valence-corrected chi connectivity index (χ1v) is 11.9. The minimum atomic E-state index is -1.02. The molecule has 10 nitrogen and oxygen atoms in total. The first-order chi connectivity index (χ1) is 18.8. The average Bonchev–Trinajstić information content (AvgIpc) is 3.48. The van der Waals surface area contributed by atoms with Gasteiger partial charge < -0.3 is 24.7 Å². The van der Waals surface area contributed by atoms with Gasteiger partial charge in [0.05, 0.1) is 30.5 Å². The van der Waals surface area contributed by atoms with Gasteiger partial charge in [-0.3, -0.25) is 4.79 Å². The molecule has 0 aliphatic carbocycles. The van der Waals surface area contributed by atoms with Crippen LogP contribution >= 0.6 is 11.6 Å². The maximum Gasteiger partial charge on any atom is 0.326 e. The summed E-state index contributed by atoms with van der Waals surface area (Å²) in [7, 11) is 3.05. The summed E-state index contributed by atoms with van der Waals surface area (Å²) in [6, 6.07) is 17.0. The van der Waals surface area contributed by atoms with Crippen LogP contribution in [0.15, 0.2) is 77.5 Å². The Balaban J connectivity index is 1.55. The number of aromatic nitrogens is 2. The molecule has 5 aromatic rings. The number of urea groups is 1. The summed E-state index contributed by atoms with van der Waals surface area (Å²) >= 11 is 6.36. The Bertz CT molecular complexity index is 1700. The molecule has 0 spiro atoms. The maximum atomic E-state index is 13.5. The molecule has 11 heteroatoms. The van der Waals surface area contributed by atoms with Gasteiger partial charge in [-0.15, -0.1) is 10.2 Å². The second kappa shape index (κ2) is 10.3. The summed E-state index contributed by atoms with van der Waals surface area (Å²) in [5, 5.41) is 19.9. The molecule has 4 aromatic carbocycles. The molecule has 0 saturated heterocycles. The van der Waals surface area contributed by atoms with E-state index >= 15 is 0 Å². The third-order valence-corrected chi connectivity index (χ3v) is 6.42. The summed E-state index contributed by atoms with van der Waals surface area (Å²) in [6.07, 6.45) is 1.19. The predicted molar refractivity (Wildman–Crippen MR) is 145 cm³/mol. The smallest absolute Gasteiger partial charge is 0.326 e. The number of phenolic OH excluding ortho intramolecular Hbond substituents is 1. The second-order valence-electron chi connectivity index (χ2n) is 8.39. The van der Waals surface area contributed by atoms with Gasteiger partial charge in [-0.1, -0.05) is 23.7 Å². The number of nitrogens with zero attached hydrogens (tertiary/aromatic N) is 3. The van der Waals surface area contributed by atoms with E-state index in [0.29, 0.717) is 38.4 Å². The zero-order valence-corrected chi connectivity index (χ0v) is 21.5. The molecule has 0 bridgehead atoms. The molecule has 39 heavy (non-hydrogen) atoms. The Morgan fingerprint density at radius 1 is 0.923 bits per heavy atom. The Hall–Kier alpha value is -5.09. The number of nitrogens with two attached hydrogens (primary N) is 1. The molecule has 0 aliphatic rings. The number of carbonyl (C=O) groups excluding carboxylic acids is 2. The standard InChI is InChI=1S/C28H21ClN4O6/c1-37-24-13-25(38-2)22(29)12-20(24)17-4-3-16-11-23(34)21(10-18(16)9-17)27(35)33(28(30)36)19-7-5-15(6-8-19)26-32-31-14-39-26/h3-14,34H,1-2H3,(H2,30,36). The minimum absolute atomic E-state index is 0.112. The summed E-state index contributed by atoms with van der Waals surface area (Å²) in [5.74, 6) is 0.167. The lowest BCUT2D eigenvalue weighted by molar-refractivity contribution is 0.0993. The number of aromatic hydroxyl groups is 1. The minimum Gasteiger partial charge on any atom is -0.507 e. The summed E-state index contributed by atoms with van der Waals surface area (Å²) in [5.41, 5.74) is 7.70. The van der Waals surface area contributed by atoms with Gasteiger partial charge in [0.1, 0.15) is 17.2 Å². The lowest BCUT2D eigenvalue weighted by Gasteiger charge is -2.20. The molecule has 3 N–H and O–H groups in total. The van der Waals surface area contributed by atoms with Crippen molar-refractivity contribution in [2.24, 2.45) is 5.73 Å². The summed E-state index contributed by atoms with van der Waals surface area (Å²) < 4.78 is 16.0. The molecule has 1 heterocycles. The fourth-order valence-electron chi connectivity index (χ4n) is 4.23. The van der Waals surface area contributed by atoms with Crippen LogP contribution in [-0.2, 0) is 0 Å². The van der Waals surface area contributed by atoms with E-state index in [1.807, 2.05) is 12.1 Å². The van der Waals surface area contributed by atoms with Crippen LogP contribution in [0.4, 0.5) is 10.5 Å². The molecule has 1 aromatic heterocycles.